The molecule has 11 nitrogen and oxygen atoms in total. The number of carbonyl (C=O) groups is 3. The van der Waals surface area contributed by atoms with Crippen molar-refractivity contribution in [1.82, 2.24) is 34.4 Å². The quantitative estimate of drug-likeness (QED) is 0.414. The molecule has 15 heteroatoms. The number of nitrogens with one attached hydrogen (secondary N) is 2. The molecule has 6 rings (SSSR count). The molecule has 0 radical (unpaired) electrons. The average molecular weight is 647 g/mol. The topological polar surface area (TPSA) is 117 Å². The number of amides is 3. The van der Waals surface area contributed by atoms with Gasteiger partial charge in [-0.25, -0.2) is 4.98 Å². The van der Waals surface area contributed by atoms with Gasteiger partial charge in [0.1, 0.15) is 0 Å². The molecule has 3 aliphatic rings. The number of halogens is 4. The number of aromatic nitrogens is 4. The van der Waals surface area contributed by atoms with E-state index < -0.39 is 17.8 Å². The van der Waals surface area contributed by atoms with Crippen LogP contribution >= 0.6 is 11.6 Å². The molecule has 1 aromatic carbocycles. The SMILES string of the molecule is Cn1c(-c2cn(C3CCC3)nc2C(F)(F)F)cnc1C(=O)Nc1ccc(C(=O)N2CCN(C(=O)C3CCNCC3)CC2)c(Cl)c1. The third-order valence-electron chi connectivity index (χ3n) is 8.94. The van der Waals surface area contributed by atoms with Crippen LogP contribution in [-0.2, 0) is 18.0 Å². The van der Waals surface area contributed by atoms with Gasteiger partial charge in [-0.1, -0.05) is 11.6 Å². The molecule has 0 unspecified atom stereocenters. The number of imidazole rings is 1. The first-order chi connectivity index (χ1) is 21.5. The molecule has 240 valence electrons. The molecule has 2 aliphatic heterocycles. The Bertz CT molecular complexity index is 1600. The van der Waals surface area contributed by atoms with Gasteiger partial charge in [-0.3, -0.25) is 19.1 Å². The maximum Gasteiger partial charge on any atom is 0.435 e. The molecule has 3 fully saturated rings. The summed E-state index contributed by atoms with van der Waals surface area (Å²) in [6, 6.07) is 4.41. The number of nitrogens with zero attached hydrogens (tertiary/aromatic N) is 6. The summed E-state index contributed by atoms with van der Waals surface area (Å²) < 4.78 is 44.2. The van der Waals surface area contributed by atoms with Crippen molar-refractivity contribution in [2.24, 2.45) is 13.0 Å². The molecule has 2 saturated heterocycles. The van der Waals surface area contributed by atoms with Gasteiger partial charge in [-0.2, -0.15) is 18.3 Å². The molecular formula is C30H34ClF3N8O3. The molecule has 0 bridgehead atoms. The summed E-state index contributed by atoms with van der Waals surface area (Å²) >= 11 is 6.47. The molecule has 0 spiro atoms. The molecule has 4 heterocycles. The summed E-state index contributed by atoms with van der Waals surface area (Å²) in [5.74, 6) is -0.873. The fourth-order valence-electron chi connectivity index (χ4n) is 6.08. The first kappa shape index (κ1) is 31.1. The summed E-state index contributed by atoms with van der Waals surface area (Å²) in [4.78, 5) is 46.8. The maximum atomic E-state index is 13.8. The summed E-state index contributed by atoms with van der Waals surface area (Å²) in [7, 11) is 1.46. The average Bonchev–Trinajstić information content (AvgIpc) is 3.60. The van der Waals surface area contributed by atoms with Crippen molar-refractivity contribution in [2.45, 2.75) is 44.3 Å². The fourth-order valence-corrected chi connectivity index (χ4v) is 6.34. The predicted molar refractivity (Wildman–Crippen MR) is 160 cm³/mol. The monoisotopic (exact) mass is 646 g/mol. The summed E-state index contributed by atoms with van der Waals surface area (Å²) in [5, 5.41) is 9.88. The van der Waals surface area contributed by atoms with Crippen molar-refractivity contribution < 1.29 is 27.6 Å². The lowest BCUT2D eigenvalue weighted by Crippen LogP contribution is -2.52. The molecule has 0 atom stereocenters. The van der Waals surface area contributed by atoms with Crippen LogP contribution in [-0.4, -0.2) is 86.1 Å². The molecule has 2 N–H and O–H groups in total. The van der Waals surface area contributed by atoms with E-state index >= 15 is 0 Å². The molecule has 2 aromatic heterocycles. The summed E-state index contributed by atoms with van der Waals surface area (Å²) in [6.07, 6.45) is 2.03. The second kappa shape index (κ2) is 12.5. The maximum absolute atomic E-state index is 13.8. The minimum atomic E-state index is -4.68. The molecule has 3 aromatic rings. The van der Waals surface area contributed by atoms with Crippen molar-refractivity contribution in [3.05, 3.63) is 52.7 Å². The van der Waals surface area contributed by atoms with Gasteiger partial charge in [0.2, 0.25) is 5.91 Å². The summed E-state index contributed by atoms with van der Waals surface area (Å²) in [6.45, 7) is 3.36. The van der Waals surface area contributed by atoms with E-state index in [2.05, 4.69) is 20.7 Å². The van der Waals surface area contributed by atoms with Crippen LogP contribution in [0.1, 0.15) is 64.8 Å². The number of anilines is 1. The van der Waals surface area contributed by atoms with Gasteiger partial charge in [0.25, 0.3) is 11.8 Å². The van der Waals surface area contributed by atoms with Crippen LogP contribution in [0.25, 0.3) is 11.3 Å². The van der Waals surface area contributed by atoms with E-state index in [1.807, 2.05) is 4.90 Å². The third kappa shape index (κ3) is 6.30. The first-order valence-corrected chi connectivity index (χ1v) is 15.5. The number of carbonyl (C=O) groups excluding carboxylic acids is 3. The van der Waals surface area contributed by atoms with E-state index in [-0.39, 0.29) is 57.1 Å². The number of rotatable bonds is 6. The van der Waals surface area contributed by atoms with Crippen LogP contribution in [0.3, 0.4) is 0 Å². The zero-order valence-corrected chi connectivity index (χ0v) is 25.5. The zero-order valence-electron chi connectivity index (χ0n) is 24.7. The van der Waals surface area contributed by atoms with E-state index in [4.69, 9.17) is 11.6 Å². The number of piperazine rings is 1. The Balaban J connectivity index is 1.11. The van der Waals surface area contributed by atoms with Crippen molar-refractivity contribution in [3.8, 4) is 11.3 Å². The lowest BCUT2D eigenvalue weighted by atomic mass is 9.93. The minimum absolute atomic E-state index is 0.0244. The van der Waals surface area contributed by atoms with Gasteiger partial charge in [0.05, 0.1) is 34.1 Å². The highest BCUT2D eigenvalue weighted by molar-refractivity contribution is 6.34. The third-order valence-corrected chi connectivity index (χ3v) is 9.25. The standard InChI is InChI=1S/C30H34ClF3N8O3/c1-39-24(22-17-42(20-3-2-4-20)38-25(22)30(32,33)34)16-36-26(39)27(43)37-19-5-6-21(23(31)15-19)29(45)41-13-11-40(12-14-41)28(44)18-7-9-35-10-8-18/h5-6,15-18,20,35H,2-4,7-14H2,1H3,(H,37,43). The highest BCUT2D eigenvalue weighted by atomic mass is 35.5. The zero-order chi connectivity index (χ0) is 31.9. The van der Waals surface area contributed by atoms with E-state index in [9.17, 15) is 27.6 Å². The summed E-state index contributed by atoms with van der Waals surface area (Å²) in [5.41, 5.74) is -0.515. The lowest BCUT2D eigenvalue weighted by Gasteiger charge is -2.37. The van der Waals surface area contributed by atoms with Crippen LogP contribution in [0, 0.1) is 5.92 Å². The number of hydrogen-bond donors (Lipinski definition) is 2. The van der Waals surface area contributed by atoms with Gasteiger partial charge < -0.3 is 25.0 Å². The van der Waals surface area contributed by atoms with Crippen molar-refractivity contribution in [1.29, 1.82) is 0 Å². The highest BCUT2D eigenvalue weighted by Crippen LogP contribution is 2.39. The lowest BCUT2D eigenvalue weighted by molar-refractivity contribution is -0.141. The second-order valence-electron chi connectivity index (χ2n) is 11.8. The van der Waals surface area contributed by atoms with Crippen LogP contribution in [0.4, 0.5) is 18.9 Å². The number of piperidine rings is 1. The Morgan fingerprint density at radius 1 is 1.02 bits per heavy atom. The molecule has 3 amide bonds. The van der Waals surface area contributed by atoms with Crippen molar-refractivity contribution in [2.75, 3.05) is 44.6 Å². The Morgan fingerprint density at radius 3 is 2.33 bits per heavy atom. The highest BCUT2D eigenvalue weighted by Gasteiger charge is 2.40. The number of benzene rings is 1. The first-order valence-electron chi connectivity index (χ1n) is 15.1. The van der Waals surface area contributed by atoms with E-state index in [1.54, 1.807) is 4.90 Å². The Hall–Kier alpha value is -3.91. The van der Waals surface area contributed by atoms with Crippen molar-refractivity contribution >= 4 is 35.0 Å². The molecular weight excluding hydrogens is 613 g/mol. The molecule has 1 saturated carbocycles. The van der Waals surface area contributed by atoms with Crippen LogP contribution in [0.15, 0.2) is 30.6 Å². The smallest absolute Gasteiger partial charge is 0.339 e. The Morgan fingerprint density at radius 2 is 1.71 bits per heavy atom. The van der Waals surface area contributed by atoms with Gasteiger partial charge in [-0.05, 0) is 63.4 Å². The van der Waals surface area contributed by atoms with E-state index in [1.165, 1.54) is 46.9 Å². The van der Waals surface area contributed by atoms with Gasteiger partial charge >= 0.3 is 6.18 Å². The minimum Gasteiger partial charge on any atom is -0.339 e. The number of hydrogen-bond acceptors (Lipinski definition) is 6. The van der Waals surface area contributed by atoms with Crippen molar-refractivity contribution in [3.63, 3.8) is 0 Å². The van der Waals surface area contributed by atoms with Crippen LogP contribution in [0.2, 0.25) is 5.02 Å². The molecule has 45 heavy (non-hydrogen) atoms. The van der Waals surface area contributed by atoms with Gasteiger partial charge in [-0.15, -0.1) is 0 Å². The molecule has 1 aliphatic carbocycles. The van der Waals surface area contributed by atoms with E-state index in [0.29, 0.717) is 26.2 Å². The largest absolute Gasteiger partial charge is 0.435 e. The van der Waals surface area contributed by atoms with Gasteiger partial charge in [0, 0.05) is 51.0 Å². The fraction of sp³-hybridized carbons (Fsp3) is 0.500. The van der Waals surface area contributed by atoms with E-state index in [0.717, 1.165) is 45.2 Å². The second-order valence-corrected chi connectivity index (χ2v) is 12.2. The Kier molecular flexibility index (Phi) is 8.61. The normalized spacial score (nSPS) is 18.2. The van der Waals surface area contributed by atoms with Crippen LogP contribution in [0.5, 0.6) is 0 Å². The Labute approximate surface area is 262 Å². The van der Waals surface area contributed by atoms with Crippen LogP contribution < -0.4 is 10.6 Å². The predicted octanol–water partition coefficient (Wildman–Crippen LogP) is 4.22. The van der Waals surface area contributed by atoms with Gasteiger partial charge in [0.15, 0.2) is 11.5 Å². The number of alkyl halides is 3.